The maximum atomic E-state index is 12.5. The minimum absolute atomic E-state index is 0.00845. The van der Waals surface area contributed by atoms with Gasteiger partial charge in [0.1, 0.15) is 23.3 Å². The van der Waals surface area contributed by atoms with Crippen LogP contribution >= 0.6 is 15.9 Å². The highest BCUT2D eigenvalue weighted by Crippen LogP contribution is 2.40. The van der Waals surface area contributed by atoms with E-state index in [1.807, 2.05) is 12.3 Å². The number of nitrogens with one attached hydrogen (secondary N) is 1. The van der Waals surface area contributed by atoms with Crippen molar-refractivity contribution in [1.82, 2.24) is 29.5 Å². The number of aromatic nitrogens is 5. The smallest absolute Gasteiger partial charge is 0.331 e. The lowest BCUT2D eigenvalue weighted by atomic mass is 10.2. The number of imidazole rings is 1. The molecule has 4 heterocycles. The standard InChI is InChI=1S/C18H17BrN8O2/c1-25-16(28)8-26(18(25)29)13-4-12(10-2-3-10)24-27-7-11(23-17(13)27)6-20-15-5-14(19)21-9-22-15/h4-5,7,9-10H,2-3,6,8H2,1H3,(H,20,21,22). The Morgan fingerprint density at radius 3 is 2.76 bits per heavy atom. The first-order chi connectivity index (χ1) is 14.0. The summed E-state index contributed by atoms with van der Waals surface area (Å²) in [5.74, 6) is 0.824. The van der Waals surface area contributed by atoms with Gasteiger partial charge in [0.25, 0.3) is 0 Å². The Kier molecular flexibility index (Phi) is 4.19. The molecule has 0 atom stereocenters. The lowest BCUT2D eigenvalue weighted by molar-refractivity contribution is -0.123. The number of nitrogens with zero attached hydrogens (tertiary/aromatic N) is 7. The van der Waals surface area contributed by atoms with Crippen molar-refractivity contribution in [3.05, 3.63) is 40.6 Å². The van der Waals surface area contributed by atoms with E-state index in [1.165, 1.54) is 18.3 Å². The van der Waals surface area contributed by atoms with Gasteiger partial charge in [-0.1, -0.05) is 0 Å². The fraction of sp³-hybridized carbons (Fsp3) is 0.333. The van der Waals surface area contributed by atoms with Crippen molar-refractivity contribution in [2.75, 3.05) is 23.8 Å². The van der Waals surface area contributed by atoms with E-state index in [-0.39, 0.29) is 18.5 Å². The maximum Gasteiger partial charge on any atom is 0.331 e. The second-order valence-electron chi connectivity index (χ2n) is 7.13. The number of carbonyl (C=O) groups is 2. The van der Waals surface area contributed by atoms with Crippen LogP contribution in [0.4, 0.5) is 16.3 Å². The number of carbonyl (C=O) groups excluding carboxylic acids is 2. The zero-order valence-corrected chi connectivity index (χ0v) is 17.1. The number of amides is 3. The zero-order valence-electron chi connectivity index (χ0n) is 15.5. The van der Waals surface area contributed by atoms with E-state index in [4.69, 9.17) is 0 Å². The van der Waals surface area contributed by atoms with Crippen molar-refractivity contribution in [2.24, 2.45) is 0 Å². The molecule has 3 amide bonds. The van der Waals surface area contributed by atoms with E-state index in [0.717, 1.165) is 29.1 Å². The molecule has 0 aromatic carbocycles. The van der Waals surface area contributed by atoms with Gasteiger partial charge in [-0.05, 0) is 34.8 Å². The minimum atomic E-state index is -0.349. The molecule has 1 saturated heterocycles. The van der Waals surface area contributed by atoms with E-state index in [0.29, 0.717) is 34.2 Å². The molecular weight excluding hydrogens is 440 g/mol. The maximum absolute atomic E-state index is 12.5. The van der Waals surface area contributed by atoms with Crippen molar-refractivity contribution in [3.8, 4) is 0 Å². The summed E-state index contributed by atoms with van der Waals surface area (Å²) < 4.78 is 2.38. The Morgan fingerprint density at radius 1 is 1.24 bits per heavy atom. The van der Waals surface area contributed by atoms with Crippen LogP contribution < -0.4 is 10.2 Å². The van der Waals surface area contributed by atoms with Gasteiger partial charge in [0.05, 0.1) is 29.8 Å². The molecule has 0 radical (unpaired) electrons. The third-order valence-corrected chi connectivity index (χ3v) is 5.46. The van der Waals surface area contributed by atoms with Crippen LogP contribution in [0.1, 0.15) is 30.1 Å². The van der Waals surface area contributed by atoms with E-state index < -0.39 is 0 Å². The van der Waals surface area contributed by atoms with E-state index in [2.05, 4.69) is 41.3 Å². The Labute approximate surface area is 174 Å². The largest absolute Gasteiger partial charge is 0.364 e. The second-order valence-corrected chi connectivity index (χ2v) is 7.94. The number of imide groups is 1. The highest BCUT2D eigenvalue weighted by Gasteiger charge is 2.37. The van der Waals surface area contributed by atoms with Crippen molar-refractivity contribution in [3.63, 3.8) is 0 Å². The van der Waals surface area contributed by atoms with Gasteiger partial charge < -0.3 is 5.32 Å². The number of anilines is 2. The molecule has 0 unspecified atom stereocenters. The number of halogens is 1. The summed E-state index contributed by atoms with van der Waals surface area (Å²) in [6.45, 7) is 0.437. The quantitative estimate of drug-likeness (QED) is 0.462. The van der Waals surface area contributed by atoms with Crippen LogP contribution in [-0.4, -0.2) is 55.0 Å². The topological polar surface area (TPSA) is 109 Å². The van der Waals surface area contributed by atoms with Gasteiger partial charge in [0.15, 0.2) is 5.65 Å². The molecule has 2 fully saturated rings. The van der Waals surface area contributed by atoms with Gasteiger partial charge in [0, 0.05) is 19.0 Å². The van der Waals surface area contributed by atoms with E-state index >= 15 is 0 Å². The zero-order chi connectivity index (χ0) is 20.1. The average molecular weight is 457 g/mol. The van der Waals surface area contributed by atoms with Gasteiger partial charge in [-0.3, -0.25) is 14.6 Å². The van der Waals surface area contributed by atoms with Gasteiger partial charge in [-0.15, -0.1) is 0 Å². The monoisotopic (exact) mass is 456 g/mol. The number of hydrogen-bond acceptors (Lipinski definition) is 7. The molecule has 1 N–H and O–H groups in total. The van der Waals surface area contributed by atoms with Crippen LogP contribution in [0.5, 0.6) is 0 Å². The van der Waals surface area contributed by atoms with Gasteiger partial charge >= 0.3 is 6.03 Å². The number of urea groups is 1. The van der Waals surface area contributed by atoms with Crippen LogP contribution in [0.3, 0.4) is 0 Å². The minimum Gasteiger partial charge on any atom is -0.364 e. The van der Waals surface area contributed by atoms with Crippen LogP contribution in [0.15, 0.2) is 29.3 Å². The number of hydrogen-bond donors (Lipinski definition) is 1. The normalized spacial score (nSPS) is 16.9. The molecule has 5 rings (SSSR count). The summed E-state index contributed by atoms with van der Waals surface area (Å²) >= 11 is 3.32. The Balaban J connectivity index is 1.50. The molecule has 29 heavy (non-hydrogen) atoms. The van der Waals surface area contributed by atoms with Crippen LogP contribution in [0.25, 0.3) is 5.65 Å². The highest BCUT2D eigenvalue weighted by atomic mass is 79.9. The molecular formula is C18H17BrN8O2. The van der Waals surface area contributed by atoms with Gasteiger partial charge in [-0.25, -0.2) is 24.3 Å². The van der Waals surface area contributed by atoms with Crippen molar-refractivity contribution in [1.29, 1.82) is 0 Å². The first kappa shape index (κ1) is 18.0. The summed E-state index contributed by atoms with van der Waals surface area (Å²) in [5, 5.41) is 7.88. The molecule has 2 aliphatic rings. The third kappa shape index (κ3) is 3.31. The molecule has 3 aromatic heterocycles. The van der Waals surface area contributed by atoms with Gasteiger partial charge in [-0.2, -0.15) is 5.10 Å². The summed E-state index contributed by atoms with van der Waals surface area (Å²) in [6, 6.07) is 3.32. The number of fused-ring (bicyclic) bond motifs is 1. The molecule has 1 aliphatic carbocycles. The van der Waals surface area contributed by atoms with Gasteiger partial charge in [0.2, 0.25) is 5.91 Å². The Morgan fingerprint density at radius 2 is 2.07 bits per heavy atom. The number of rotatable bonds is 5. The lowest BCUT2D eigenvalue weighted by Gasteiger charge is -2.16. The van der Waals surface area contributed by atoms with Crippen LogP contribution in [-0.2, 0) is 11.3 Å². The van der Waals surface area contributed by atoms with E-state index in [9.17, 15) is 9.59 Å². The Bertz CT molecular complexity index is 1140. The molecule has 0 bridgehead atoms. The van der Waals surface area contributed by atoms with Crippen molar-refractivity contribution < 1.29 is 9.59 Å². The first-order valence-corrected chi connectivity index (χ1v) is 9.97. The van der Waals surface area contributed by atoms with Crippen molar-refractivity contribution in [2.45, 2.75) is 25.3 Å². The molecule has 10 nitrogen and oxygen atoms in total. The van der Waals surface area contributed by atoms with Crippen LogP contribution in [0.2, 0.25) is 0 Å². The molecule has 11 heteroatoms. The fourth-order valence-corrected chi connectivity index (χ4v) is 3.59. The summed E-state index contributed by atoms with van der Waals surface area (Å²) in [4.78, 5) is 40.0. The first-order valence-electron chi connectivity index (χ1n) is 9.18. The molecule has 1 aliphatic heterocycles. The van der Waals surface area contributed by atoms with Crippen molar-refractivity contribution >= 4 is 45.0 Å². The molecule has 0 spiro atoms. The van der Waals surface area contributed by atoms with E-state index in [1.54, 1.807) is 10.6 Å². The summed E-state index contributed by atoms with van der Waals surface area (Å²) in [5.41, 5.74) is 2.82. The fourth-order valence-electron chi connectivity index (χ4n) is 3.29. The highest BCUT2D eigenvalue weighted by molar-refractivity contribution is 9.10. The third-order valence-electron chi connectivity index (χ3n) is 5.03. The predicted molar refractivity (Wildman–Crippen MR) is 108 cm³/mol. The SMILES string of the molecule is CN1C(=O)CN(c2cc(C3CC3)nn3cc(CNc4cc(Br)ncn4)nc23)C1=O. The van der Waals surface area contributed by atoms with Crippen LogP contribution in [0, 0.1) is 0 Å². The average Bonchev–Trinajstić information content (AvgIpc) is 3.42. The number of likely N-dealkylation sites (N-methyl/N-ethyl adjacent to an activating group) is 1. The summed E-state index contributed by atoms with van der Waals surface area (Å²) in [6.07, 6.45) is 5.46. The predicted octanol–water partition coefficient (Wildman–Crippen LogP) is 2.17. The summed E-state index contributed by atoms with van der Waals surface area (Å²) in [7, 11) is 1.49. The molecule has 3 aromatic rings. The second kappa shape index (κ2) is 6.76. The molecule has 1 saturated carbocycles. The Hall–Kier alpha value is -3.08. The lowest BCUT2D eigenvalue weighted by Crippen LogP contribution is -2.30. The molecule has 148 valence electrons.